The zero-order valence-electron chi connectivity index (χ0n) is 11.8. The molecule has 0 N–H and O–H groups in total. The van der Waals surface area contributed by atoms with Gasteiger partial charge in [-0.3, -0.25) is 9.69 Å². The number of amides is 1. The van der Waals surface area contributed by atoms with Crippen molar-refractivity contribution in [2.24, 2.45) is 0 Å². The number of ether oxygens (including phenoxy) is 1. The molecule has 0 aliphatic carbocycles. The first-order valence-corrected chi connectivity index (χ1v) is 6.56. The van der Waals surface area contributed by atoms with Gasteiger partial charge in [-0.1, -0.05) is 6.07 Å². The van der Waals surface area contributed by atoms with Crippen molar-refractivity contribution in [2.75, 3.05) is 25.0 Å². The number of hydrogen-bond donors (Lipinski definition) is 0. The summed E-state index contributed by atoms with van der Waals surface area (Å²) >= 11 is 0. The predicted molar refractivity (Wildman–Crippen MR) is 72.1 cm³/mol. The number of alkyl halides is 3. The van der Waals surface area contributed by atoms with Gasteiger partial charge in [-0.25, -0.2) is 0 Å². The van der Waals surface area contributed by atoms with Gasteiger partial charge in [0.2, 0.25) is 5.91 Å². The van der Waals surface area contributed by atoms with Crippen LogP contribution in [0.25, 0.3) is 0 Å². The van der Waals surface area contributed by atoms with E-state index >= 15 is 0 Å². The van der Waals surface area contributed by atoms with Crippen LogP contribution in [0.1, 0.15) is 6.42 Å². The van der Waals surface area contributed by atoms with Gasteiger partial charge in [0, 0.05) is 18.3 Å². The molecule has 1 heterocycles. The summed E-state index contributed by atoms with van der Waals surface area (Å²) < 4.78 is 40.6. The zero-order valence-corrected chi connectivity index (χ0v) is 11.8. The number of hydrogen-bond acceptors (Lipinski definition) is 4. The molecule has 1 aromatic rings. The number of halogens is 3. The van der Waals surface area contributed by atoms with E-state index in [1.165, 1.54) is 23.1 Å². The number of carbonyl (C=O) groups excluding carboxylic acids is 1. The van der Waals surface area contributed by atoms with E-state index in [4.69, 9.17) is 5.26 Å². The van der Waals surface area contributed by atoms with E-state index in [0.717, 1.165) is 0 Å². The molecule has 2 rings (SSSR count). The normalized spacial score (nSPS) is 18.6. The molecule has 1 fully saturated rings. The first-order valence-electron chi connectivity index (χ1n) is 6.56. The molecule has 1 aliphatic heterocycles. The molecule has 1 atom stereocenters. The van der Waals surface area contributed by atoms with Crippen LogP contribution in [0, 0.1) is 11.3 Å². The average Bonchev–Trinajstić information content (AvgIpc) is 2.79. The molecular weight excluding hydrogens is 299 g/mol. The molecule has 22 heavy (non-hydrogen) atoms. The quantitative estimate of drug-likeness (QED) is 0.799. The minimum absolute atomic E-state index is 0.113. The largest absolute Gasteiger partial charge is 0.573 e. The summed E-state index contributed by atoms with van der Waals surface area (Å²) in [5, 5.41) is 8.67. The van der Waals surface area contributed by atoms with E-state index in [2.05, 4.69) is 4.74 Å². The number of rotatable bonds is 4. The zero-order chi connectivity index (χ0) is 16.3. The third-order valence-corrected chi connectivity index (χ3v) is 3.39. The Bertz CT molecular complexity index is 598. The van der Waals surface area contributed by atoms with E-state index < -0.39 is 12.4 Å². The molecule has 0 bridgehead atoms. The lowest BCUT2D eigenvalue weighted by atomic mass is 10.2. The van der Waals surface area contributed by atoms with Crippen molar-refractivity contribution in [3.63, 3.8) is 0 Å². The van der Waals surface area contributed by atoms with Crippen LogP contribution >= 0.6 is 0 Å². The molecule has 118 valence electrons. The molecule has 1 saturated heterocycles. The topological polar surface area (TPSA) is 56.6 Å². The lowest BCUT2D eigenvalue weighted by molar-refractivity contribution is -0.274. The number of anilines is 1. The van der Waals surface area contributed by atoms with Crippen LogP contribution in [-0.4, -0.2) is 43.3 Å². The molecule has 0 aromatic heterocycles. The number of benzene rings is 1. The molecule has 5 nitrogen and oxygen atoms in total. The second kappa shape index (κ2) is 6.23. The van der Waals surface area contributed by atoms with Crippen molar-refractivity contribution in [3.05, 3.63) is 24.3 Å². The third-order valence-electron chi connectivity index (χ3n) is 3.39. The highest BCUT2D eigenvalue weighted by Gasteiger charge is 2.36. The van der Waals surface area contributed by atoms with Gasteiger partial charge in [-0.15, -0.1) is 13.2 Å². The summed E-state index contributed by atoms with van der Waals surface area (Å²) in [5.74, 6) is -0.603. The van der Waals surface area contributed by atoms with Crippen LogP contribution in [0.4, 0.5) is 18.9 Å². The number of carbonyl (C=O) groups is 1. The minimum atomic E-state index is -4.77. The average molecular weight is 313 g/mol. The van der Waals surface area contributed by atoms with Gasteiger partial charge < -0.3 is 9.64 Å². The predicted octanol–water partition coefficient (Wildman–Crippen LogP) is 2.15. The van der Waals surface area contributed by atoms with Crippen molar-refractivity contribution in [1.29, 1.82) is 5.26 Å². The summed E-state index contributed by atoms with van der Waals surface area (Å²) in [6, 6.07) is 6.83. The van der Waals surface area contributed by atoms with Crippen LogP contribution in [0.15, 0.2) is 24.3 Å². The molecule has 0 spiro atoms. The van der Waals surface area contributed by atoms with Crippen molar-refractivity contribution in [2.45, 2.75) is 18.8 Å². The molecule has 0 saturated carbocycles. The third kappa shape index (κ3) is 3.68. The Balaban J connectivity index is 2.15. The van der Waals surface area contributed by atoms with Gasteiger partial charge in [-0.2, -0.15) is 5.26 Å². The fourth-order valence-electron chi connectivity index (χ4n) is 2.40. The van der Waals surface area contributed by atoms with E-state index in [9.17, 15) is 18.0 Å². The van der Waals surface area contributed by atoms with Crippen LogP contribution in [0.5, 0.6) is 5.75 Å². The smallest absolute Gasteiger partial charge is 0.406 e. The van der Waals surface area contributed by atoms with Gasteiger partial charge >= 0.3 is 6.36 Å². The molecule has 0 unspecified atom stereocenters. The van der Waals surface area contributed by atoms with E-state index in [1.807, 2.05) is 6.07 Å². The summed E-state index contributed by atoms with van der Waals surface area (Å²) in [6.45, 7) is 0.496. The number of nitriles is 1. The lowest BCUT2D eigenvalue weighted by Crippen LogP contribution is -2.39. The summed E-state index contributed by atoms with van der Waals surface area (Å²) in [4.78, 5) is 15.4. The van der Waals surface area contributed by atoms with E-state index in [-0.39, 0.29) is 18.2 Å². The summed E-state index contributed by atoms with van der Waals surface area (Å²) in [6.07, 6.45) is -4.26. The molecule has 1 aliphatic rings. The van der Waals surface area contributed by atoms with Crippen LogP contribution in [-0.2, 0) is 4.79 Å². The van der Waals surface area contributed by atoms with E-state index in [0.29, 0.717) is 18.7 Å². The van der Waals surface area contributed by atoms with Crippen molar-refractivity contribution in [3.8, 4) is 11.8 Å². The molecular formula is C14H14F3N3O2. The Morgan fingerprint density at radius 3 is 2.86 bits per heavy atom. The summed E-state index contributed by atoms with van der Waals surface area (Å²) in [7, 11) is 1.67. The molecule has 8 heteroatoms. The maximum absolute atomic E-state index is 12.3. The van der Waals surface area contributed by atoms with Gasteiger partial charge in [0.05, 0.1) is 18.7 Å². The monoisotopic (exact) mass is 313 g/mol. The highest BCUT2D eigenvalue weighted by atomic mass is 19.4. The first kappa shape index (κ1) is 16.1. The van der Waals surface area contributed by atoms with Gasteiger partial charge in [0.1, 0.15) is 5.75 Å². The Morgan fingerprint density at radius 2 is 2.23 bits per heavy atom. The highest BCUT2D eigenvalue weighted by molar-refractivity contribution is 5.99. The van der Waals surface area contributed by atoms with Crippen molar-refractivity contribution < 1.29 is 22.7 Å². The number of likely N-dealkylation sites (N-methyl/N-ethyl adjacent to an activating group) is 1. The van der Waals surface area contributed by atoms with Gasteiger partial charge in [0.15, 0.2) is 0 Å². The Hall–Kier alpha value is -2.27. The first-order chi connectivity index (χ1) is 10.3. The van der Waals surface area contributed by atoms with Gasteiger partial charge in [-0.05, 0) is 25.6 Å². The highest BCUT2D eigenvalue weighted by Crippen LogP contribution is 2.29. The van der Waals surface area contributed by atoms with Crippen LogP contribution in [0.3, 0.4) is 0 Å². The second-order valence-corrected chi connectivity index (χ2v) is 4.91. The van der Waals surface area contributed by atoms with Crippen molar-refractivity contribution >= 4 is 11.6 Å². The fraction of sp³-hybridized carbons (Fsp3) is 0.429. The van der Waals surface area contributed by atoms with E-state index in [1.54, 1.807) is 18.0 Å². The van der Waals surface area contributed by atoms with Crippen LogP contribution in [0.2, 0.25) is 0 Å². The second-order valence-electron chi connectivity index (χ2n) is 4.91. The Morgan fingerprint density at radius 1 is 1.50 bits per heavy atom. The molecule has 1 aromatic carbocycles. The summed E-state index contributed by atoms with van der Waals surface area (Å²) in [5.41, 5.74) is 0.347. The van der Waals surface area contributed by atoms with Gasteiger partial charge in [0.25, 0.3) is 0 Å². The number of nitrogens with zero attached hydrogens (tertiary/aromatic N) is 3. The lowest BCUT2D eigenvalue weighted by Gasteiger charge is -2.21. The fourth-order valence-corrected chi connectivity index (χ4v) is 2.40. The van der Waals surface area contributed by atoms with Crippen molar-refractivity contribution in [1.82, 2.24) is 4.90 Å². The maximum atomic E-state index is 12.3. The van der Waals surface area contributed by atoms with Crippen LogP contribution < -0.4 is 9.64 Å². The molecule has 1 amide bonds. The standard InChI is InChI=1S/C14H14F3N3O2/c1-19(8-6-18)12-5-7-20(13(12)21)10-3-2-4-11(9-10)22-14(15,16)17/h2-4,9,12H,5,7-8H2,1H3/t12-/m1/s1. The Labute approximate surface area is 125 Å². The minimum Gasteiger partial charge on any atom is -0.406 e. The SMILES string of the molecule is CN(CC#N)[C@@H]1CCN(c2cccc(OC(F)(F)F)c2)C1=O. The Kier molecular flexibility index (Phi) is 4.56. The maximum Gasteiger partial charge on any atom is 0.573 e. The molecule has 0 radical (unpaired) electrons.